The molecule has 0 aromatic heterocycles. The van der Waals surface area contributed by atoms with E-state index in [4.69, 9.17) is 44.3 Å². The van der Waals surface area contributed by atoms with Crippen molar-refractivity contribution in [3.05, 3.63) is 22.8 Å². The van der Waals surface area contributed by atoms with Crippen molar-refractivity contribution >= 4 is 0 Å². The van der Waals surface area contributed by atoms with Crippen LogP contribution in [0.2, 0.25) is 0 Å². The largest absolute Gasteiger partial charge is 0.379 e. The lowest BCUT2D eigenvalue weighted by Gasteiger charge is -2.16. The van der Waals surface area contributed by atoms with Crippen molar-refractivity contribution in [3.63, 3.8) is 0 Å². The Balaban J connectivity index is 0. The molecule has 158 valence electrons. The minimum absolute atomic E-state index is 0.0120. The zero-order valence-corrected chi connectivity index (χ0v) is 17.4. The number of hydrogen-bond acceptors (Lipinski definition) is 5. The van der Waals surface area contributed by atoms with E-state index < -0.39 is 0 Å². The van der Waals surface area contributed by atoms with Gasteiger partial charge >= 0.3 is 0 Å². The van der Waals surface area contributed by atoms with Crippen LogP contribution in [0.5, 0.6) is 0 Å². The first-order valence-electron chi connectivity index (χ1n) is 9.83. The third kappa shape index (κ3) is 23.4. The maximum atomic E-state index is 8.64. The Labute approximate surface area is 176 Å². The lowest BCUT2D eigenvalue weighted by molar-refractivity contribution is -0.0548. The SMILES string of the molecule is C#CCCCC(C#N)CCC#N.[C-]#[N+]CCOCC(COCCC)OCC[N+]#[C-]. The topological polar surface area (TPSA) is 84.0 Å². The number of nitriles is 2. The predicted molar refractivity (Wildman–Crippen MR) is 111 cm³/mol. The average molecular weight is 401 g/mol. The van der Waals surface area contributed by atoms with Crippen LogP contribution in [0.25, 0.3) is 9.69 Å². The Morgan fingerprint density at radius 3 is 2.17 bits per heavy atom. The Hall–Kier alpha value is -2.60. The van der Waals surface area contributed by atoms with E-state index in [0.29, 0.717) is 59.0 Å². The van der Waals surface area contributed by atoms with E-state index in [1.54, 1.807) is 0 Å². The fourth-order valence-electron chi connectivity index (χ4n) is 2.06. The van der Waals surface area contributed by atoms with Gasteiger partial charge in [-0.15, -0.1) is 12.3 Å². The predicted octanol–water partition coefficient (Wildman–Crippen LogP) is 3.89. The van der Waals surface area contributed by atoms with Gasteiger partial charge in [-0.3, -0.25) is 0 Å². The monoisotopic (exact) mass is 400 g/mol. The van der Waals surface area contributed by atoms with Crippen molar-refractivity contribution in [1.82, 2.24) is 0 Å². The maximum absolute atomic E-state index is 8.64. The molecule has 2 unspecified atom stereocenters. The average Bonchev–Trinajstić information content (AvgIpc) is 2.74. The summed E-state index contributed by atoms with van der Waals surface area (Å²) in [7, 11) is 0. The molecule has 0 N–H and O–H groups in total. The third-order valence-electron chi connectivity index (χ3n) is 3.52. The van der Waals surface area contributed by atoms with Crippen molar-refractivity contribution in [3.8, 4) is 24.5 Å². The molecule has 0 bridgehead atoms. The number of terminal acetylenes is 1. The van der Waals surface area contributed by atoms with Gasteiger partial charge in [-0.05, 0) is 25.7 Å². The van der Waals surface area contributed by atoms with Gasteiger partial charge in [0.2, 0.25) is 13.1 Å². The summed E-state index contributed by atoms with van der Waals surface area (Å²) in [6, 6.07) is 4.21. The Bertz CT molecular complexity index is 575. The molecule has 2 atom stereocenters. The molecule has 0 heterocycles. The third-order valence-corrected chi connectivity index (χ3v) is 3.52. The standard InChI is InChI=1S/C12H20N2O3.C10H12N2/c1-4-7-15-10-12(17-9-6-14-3)11-16-8-5-13-2;1-2-3-4-6-10(9-12)7-5-8-11/h12H,4-11H2,1H3;1,10H,3-7H2. The van der Waals surface area contributed by atoms with Crippen LogP contribution >= 0.6 is 0 Å². The van der Waals surface area contributed by atoms with Crippen molar-refractivity contribution in [1.29, 1.82) is 10.5 Å². The first-order chi connectivity index (χ1) is 14.2. The highest BCUT2D eigenvalue weighted by atomic mass is 16.6. The van der Waals surface area contributed by atoms with Crippen LogP contribution in [0.4, 0.5) is 0 Å². The van der Waals surface area contributed by atoms with E-state index in [1.807, 2.05) is 13.0 Å². The molecular formula is C22H32N4O3. The summed E-state index contributed by atoms with van der Waals surface area (Å²) in [5.74, 6) is 2.54. The zero-order chi connectivity index (χ0) is 22.0. The van der Waals surface area contributed by atoms with Crippen LogP contribution < -0.4 is 0 Å². The van der Waals surface area contributed by atoms with E-state index >= 15 is 0 Å². The molecule has 0 saturated carbocycles. The van der Waals surface area contributed by atoms with Gasteiger partial charge in [-0.2, -0.15) is 10.5 Å². The second-order valence-electron chi connectivity index (χ2n) is 6.03. The molecule has 0 rings (SSSR count). The summed E-state index contributed by atoms with van der Waals surface area (Å²) in [6.07, 6.45) is 9.47. The van der Waals surface area contributed by atoms with Gasteiger partial charge in [0, 0.05) is 25.4 Å². The van der Waals surface area contributed by atoms with Gasteiger partial charge < -0.3 is 23.9 Å². The highest BCUT2D eigenvalue weighted by molar-refractivity contribution is 4.88. The van der Waals surface area contributed by atoms with Crippen LogP contribution in [-0.4, -0.2) is 52.2 Å². The lowest BCUT2D eigenvalue weighted by Crippen LogP contribution is -2.27. The van der Waals surface area contributed by atoms with Crippen molar-refractivity contribution in [2.75, 3.05) is 46.1 Å². The van der Waals surface area contributed by atoms with Gasteiger partial charge in [0.05, 0.1) is 25.4 Å². The highest BCUT2D eigenvalue weighted by Gasteiger charge is 2.10. The molecule has 29 heavy (non-hydrogen) atoms. The molecule has 0 aromatic rings. The molecule has 0 amide bonds. The number of nitrogens with zero attached hydrogens (tertiary/aromatic N) is 4. The smallest absolute Gasteiger partial charge is 0.237 e. The van der Waals surface area contributed by atoms with Crippen LogP contribution in [0.1, 0.15) is 45.4 Å². The number of rotatable bonds is 16. The van der Waals surface area contributed by atoms with Gasteiger partial charge in [-0.1, -0.05) is 6.92 Å². The van der Waals surface area contributed by atoms with E-state index in [1.165, 1.54) is 0 Å². The van der Waals surface area contributed by atoms with Crippen LogP contribution in [0.3, 0.4) is 0 Å². The summed E-state index contributed by atoms with van der Waals surface area (Å²) in [5, 5.41) is 16.9. The quantitative estimate of drug-likeness (QED) is 0.223. The normalized spacial score (nSPS) is 11.3. The van der Waals surface area contributed by atoms with Crippen LogP contribution in [0, 0.1) is 54.1 Å². The van der Waals surface area contributed by atoms with Gasteiger partial charge in [0.25, 0.3) is 0 Å². The fraction of sp³-hybridized carbons (Fsp3) is 0.727. The Morgan fingerprint density at radius 2 is 1.62 bits per heavy atom. The van der Waals surface area contributed by atoms with Crippen molar-refractivity contribution in [2.24, 2.45) is 5.92 Å². The Kier molecular flexibility index (Phi) is 25.1. The highest BCUT2D eigenvalue weighted by Crippen LogP contribution is 2.12. The minimum Gasteiger partial charge on any atom is -0.379 e. The first-order valence-corrected chi connectivity index (χ1v) is 9.83. The molecule has 0 radical (unpaired) electrons. The molecule has 0 saturated heterocycles. The Morgan fingerprint density at radius 1 is 0.966 bits per heavy atom. The summed E-state index contributed by atoms with van der Waals surface area (Å²) in [6.45, 7) is 18.4. The van der Waals surface area contributed by atoms with Gasteiger partial charge in [0.15, 0.2) is 0 Å². The fourth-order valence-corrected chi connectivity index (χ4v) is 2.06. The van der Waals surface area contributed by atoms with Crippen molar-refractivity contribution in [2.45, 2.75) is 51.6 Å². The van der Waals surface area contributed by atoms with Gasteiger partial charge in [0.1, 0.15) is 19.3 Å². The molecule has 0 aromatic carbocycles. The van der Waals surface area contributed by atoms with Gasteiger partial charge in [-0.25, -0.2) is 13.1 Å². The summed E-state index contributed by atoms with van der Waals surface area (Å²) in [4.78, 5) is 6.41. The van der Waals surface area contributed by atoms with Crippen LogP contribution in [0.15, 0.2) is 0 Å². The second kappa shape index (κ2) is 25.4. The zero-order valence-electron chi connectivity index (χ0n) is 17.4. The van der Waals surface area contributed by atoms with Crippen molar-refractivity contribution < 1.29 is 14.2 Å². The number of hydrogen-bond donors (Lipinski definition) is 0. The second-order valence-corrected chi connectivity index (χ2v) is 6.03. The summed E-state index contributed by atoms with van der Waals surface area (Å²) >= 11 is 0. The first kappa shape index (κ1) is 28.6. The molecule has 7 nitrogen and oxygen atoms in total. The van der Waals surface area contributed by atoms with Crippen LogP contribution in [-0.2, 0) is 14.2 Å². The van der Waals surface area contributed by atoms with E-state index in [0.717, 1.165) is 25.7 Å². The molecule has 0 aliphatic carbocycles. The van der Waals surface area contributed by atoms with E-state index in [-0.39, 0.29) is 12.0 Å². The van der Waals surface area contributed by atoms with E-state index in [2.05, 4.69) is 21.7 Å². The molecule has 0 aliphatic rings. The maximum Gasteiger partial charge on any atom is 0.237 e. The van der Waals surface area contributed by atoms with E-state index in [9.17, 15) is 0 Å². The summed E-state index contributed by atoms with van der Waals surface area (Å²) in [5.41, 5.74) is 0. The number of ether oxygens (including phenoxy) is 3. The minimum atomic E-state index is -0.144. The molecule has 0 aliphatic heterocycles. The lowest BCUT2D eigenvalue weighted by atomic mass is 9.99. The number of unbranched alkanes of at least 4 members (excludes halogenated alkanes) is 1. The molecule has 0 fully saturated rings. The molecule has 7 heteroatoms. The molecule has 0 spiro atoms. The molecular weight excluding hydrogens is 368 g/mol. The summed E-state index contributed by atoms with van der Waals surface area (Å²) < 4.78 is 16.2.